The highest BCUT2D eigenvalue weighted by Crippen LogP contribution is 2.50. The summed E-state index contributed by atoms with van der Waals surface area (Å²) >= 11 is 8.37. The molecule has 0 aliphatic heterocycles. The summed E-state index contributed by atoms with van der Waals surface area (Å²) in [6.45, 7) is 0. The molecule has 25 heavy (non-hydrogen) atoms. The fourth-order valence-corrected chi connectivity index (χ4v) is 4.29. The van der Waals surface area contributed by atoms with Gasteiger partial charge in [-0.25, -0.2) is 4.57 Å². The number of halogens is 4. The van der Waals surface area contributed by atoms with Gasteiger partial charge in [-0.3, -0.25) is 0 Å². The maximum atomic E-state index is 12.4. The van der Waals surface area contributed by atoms with E-state index in [0.717, 1.165) is 28.0 Å². The van der Waals surface area contributed by atoms with Crippen LogP contribution >= 0.6 is 51.2 Å². The molecule has 0 aliphatic carbocycles. The van der Waals surface area contributed by atoms with Crippen LogP contribution in [0.1, 0.15) is 11.1 Å². The fourth-order valence-electron chi connectivity index (χ4n) is 1.92. The zero-order valence-corrected chi connectivity index (χ0v) is 17.8. The Balaban J connectivity index is 1.86. The molecule has 0 fully saturated rings. The summed E-state index contributed by atoms with van der Waals surface area (Å²) in [5, 5.41) is 0. The third-order valence-electron chi connectivity index (χ3n) is 3.19. The molecule has 2 aromatic rings. The number of rotatable bonds is 8. The van der Waals surface area contributed by atoms with Gasteiger partial charge in [-0.05, 0) is 63.5 Å². The third-order valence-corrected chi connectivity index (χ3v) is 6.32. The van der Waals surface area contributed by atoms with Crippen molar-refractivity contribution < 1.29 is 22.8 Å². The first kappa shape index (κ1) is 20.9. The minimum atomic E-state index is -4.96. The van der Waals surface area contributed by atoms with Gasteiger partial charge in [0.1, 0.15) is 5.75 Å². The van der Waals surface area contributed by atoms with Crippen molar-refractivity contribution in [2.75, 3.05) is 5.75 Å². The van der Waals surface area contributed by atoms with Crippen LogP contribution in [0.5, 0.6) is 5.75 Å². The summed E-state index contributed by atoms with van der Waals surface area (Å²) < 4.78 is 42.0. The van der Waals surface area contributed by atoms with Crippen molar-refractivity contribution in [3.8, 4) is 5.75 Å². The molecule has 0 heterocycles. The molecule has 0 amide bonds. The Morgan fingerprint density at radius 1 is 1.12 bits per heavy atom. The van der Waals surface area contributed by atoms with Gasteiger partial charge in [0.2, 0.25) is 0 Å². The molecule has 0 aliphatic rings. The summed E-state index contributed by atoms with van der Waals surface area (Å²) in [6.07, 6.45) is -2.65. The average Bonchev–Trinajstić information content (AvgIpc) is 2.55. The quantitative estimate of drug-likeness (QED) is 0.323. The van der Waals surface area contributed by atoms with Crippen LogP contribution in [0.25, 0.3) is 0 Å². The van der Waals surface area contributed by atoms with Crippen LogP contribution in [-0.2, 0) is 16.7 Å². The van der Waals surface area contributed by atoms with Crippen LogP contribution in [-0.4, -0.2) is 16.8 Å². The molecule has 2 rings (SSSR count). The van der Waals surface area contributed by atoms with Crippen molar-refractivity contribution in [1.82, 2.24) is 0 Å². The van der Waals surface area contributed by atoms with Crippen molar-refractivity contribution in [2.45, 2.75) is 18.3 Å². The fraction of sp³-hybridized carbons (Fsp3) is 0.250. The molecule has 0 aromatic heterocycles. The molecule has 0 spiro atoms. The molecule has 3 nitrogen and oxygen atoms in total. The SMILES string of the molecule is O=P(O)(Oc1ccc(CCSCc2ccc(Br)cc2)cc1Br)C(F)F. The highest BCUT2D eigenvalue weighted by molar-refractivity contribution is 9.10. The van der Waals surface area contributed by atoms with Crippen LogP contribution in [0.3, 0.4) is 0 Å². The van der Waals surface area contributed by atoms with Gasteiger partial charge in [-0.2, -0.15) is 20.5 Å². The third kappa shape index (κ3) is 6.68. The summed E-state index contributed by atoms with van der Waals surface area (Å²) in [6, 6.07) is 13.0. The van der Waals surface area contributed by atoms with Crippen LogP contribution < -0.4 is 4.52 Å². The van der Waals surface area contributed by atoms with Gasteiger partial charge in [-0.1, -0.05) is 34.1 Å². The first-order valence-corrected chi connectivity index (χ1v) is 11.6. The predicted molar refractivity (Wildman–Crippen MR) is 105 cm³/mol. The second-order valence-corrected chi connectivity index (χ2v) is 9.70. The molecular formula is C16H15Br2F2O3PS. The lowest BCUT2D eigenvalue weighted by Crippen LogP contribution is -2.01. The summed E-state index contributed by atoms with van der Waals surface area (Å²) in [4.78, 5) is 9.09. The predicted octanol–water partition coefficient (Wildman–Crippen LogP) is 6.47. The molecule has 1 N–H and O–H groups in total. The Bertz CT molecular complexity index is 760. The molecular weight excluding hydrogens is 501 g/mol. The minimum absolute atomic E-state index is 0.0719. The molecule has 1 atom stereocenters. The first-order chi connectivity index (χ1) is 11.8. The minimum Gasteiger partial charge on any atom is -0.420 e. The Morgan fingerprint density at radius 2 is 1.76 bits per heavy atom. The summed E-state index contributed by atoms with van der Waals surface area (Å²) in [5.74, 6) is 1.72. The lowest BCUT2D eigenvalue weighted by atomic mass is 10.2. The Labute approximate surface area is 166 Å². The zero-order valence-electron chi connectivity index (χ0n) is 12.9. The van der Waals surface area contributed by atoms with E-state index in [4.69, 9.17) is 4.89 Å². The molecule has 1 unspecified atom stereocenters. The number of aryl methyl sites for hydroxylation is 1. The van der Waals surface area contributed by atoms with E-state index in [0.29, 0.717) is 4.47 Å². The molecule has 9 heteroatoms. The van der Waals surface area contributed by atoms with Crippen molar-refractivity contribution in [2.24, 2.45) is 0 Å². The van der Waals surface area contributed by atoms with E-state index in [1.807, 2.05) is 12.1 Å². The smallest absolute Gasteiger partial charge is 0.420 e. The molecule has 0 radical (unpaired) electrons. The van der Waals surface area contributed by atoms with E-state index in [1.54, 1.807) is 23.9 Å². The summed E-state index contributed by atoms with van der Waals surface area (Å²) in [5.41, 5.74) is 2.22. The largest absolute Gasteiger partial charge is 0.442 e. The number of hydrogen-bond acceptors (Lipinski definition) is 3. The molecule has 0 saturated carbocycles. The Hall–Kier alpha value is -0.400. The highest BCUT2D eigenvalue weighted by atomic mass is 79.9. The van der Waals surface area contributed by atoms with E-state index in [-0.39, 0.29) is 5.75 Å². The van der Waals surface area contributed by atoms with Gasteiger partial charge in [0.05, 0.1) is 4.47 Å². The van der Waals surface area contributed by atoms with Gasteiger partial charge in [0.15, 0.2) is 0 Å². The summed E-state index contributed by atoms with van der Waals surface area (Å²) in [7, 11) is -4.96. The van der Waals surface area contributed by atoms with E-state index in [9.17, 15) is 13.3 Å². The number of thioether (sulfide) groups is 1. The standard InChI is InChI=1S/C16H15Br2F2O3PS/c17-13-4-1-12(2-5-13)10-25-8-7-11-3-6-15(14(18)9-11)23-24(21,22)16(19)20/h1-6,9,16H,7-8,10H2,(H,21,22). The van der Waals surface area contributed by atoms with Crippen molar-refractivity contribution in [3.05, 3.63) is 62.5 Å². The van der Waals surface area contributed by atoms with Crippen LogP contribution in [0.2, 0.25) is 0 Å². The molecule has 136 valence electrons. The second-order valence-electron chi connectivity index (χ2n) is 5.13. The monoisotopic (exact) mass is 514 g/mol. The van der Waals surface area contributed by atoms with Gasteiger partial charge in [-0.15, -0.1) is 0 Å². The van der Waals surface area contributed by atoms with E-state index in [2.05, 4.69) is 48.5 Å². The van der Waals surface area contributed by atoms with Crippen molar-refractivity contribution in [3.63, 3.8) is 0 Å². The zero-order chi connectivity index (χ0) is 18.4. The Kier molecular flexibility index (Phi) is 7.95. The van der Waals surface area contributed by atoms with Gasteiger partial charge >= 0.3 is 13.8 Å². The first-order valence-electron chi connectivity index (χ1n) is 7.19. The number of hydrogen-bond donors (Lipinski definition) is 1. The topological polar surface area (TPSA) is 46.5 Å². The average molecular weight is 516 g/mol. The van der Waals surface area contributed by atoms with Gasteiger partial charge in [0.25, 0.3) is 0 Å². The lowest BCUT2D eigenvalue weighted by Gasteiger charge is -2.14. The molecule has 0 saturated heterocycles. The van der Waals surface area contributed by atoms with Crippen molar-refractivity contribution in [1.29, 1.82) is 0 Å². The van der Waals surface area contributed by atoms with Gasteiger partial charge < -0.3 is 9.42 Å². The maximum absolute atomic E-state index is 12.4. The lowest BCUT2D eigenvalue weighted by molar-refractivity contribution is 0.188. The molecule has 0 bridgehead atoms. The number of alkyl halides is 2. The van der Waals surface area contributed by atoms with Gasteiger partial charge in [0, 0.05) is 10.2 Å². The van der Waals surface area contributed by atoms with E-state index < -0.39 is 13.8 Å². The van der Waals surface area contributed by atoms with Crippen molar-refractivity contribution >= 4 is 51.2 Å². The highest BCUT2D eigenvalue weighted by Gasteiger charge is 2.34. The maximum Gasteiger partial charge on any atom is 0.442 e. The van der Waals surface area contributed by atoms with E-state index in [1.165, 1.54) is 11.6 Å². The normalized spacial score (nSPS) is 13.7. The molecule has 2 aromatic carbocycles. The van der Waals surface area contributed by atoms with Crippen LogP contribution in [0, 0.1) is 0 Å². The number of benzene rings is 2. The van der Waals surface area contributed by atoms with Crippen LogP contribution in [0.4, 0.5) is 8.78 Å². The second kappa shape index (κ2) is 9.51. The van der Waals surface area contributed by atoms with Crippen LogP contribution in [0.15, 0.2) is 51.4 Å². The van der Waals surface area contributed by atoms with E-state index >= 15 is 0 Å². The Morgan fingerprint density at radius 3 is 2.36 bits per heavy atom.